The van der Waals surface area contributed by atoms with E-state index in [4.69, 9.17) is 13.3 Å². The first-order chi connectivity index (χ1) is 30.9. The van der Waals surface area contributed by atoms with Gasteiger partial charge in [-0.1, -0.05) is 137 Å². The molecule has 0 aliphatic carbocycles. The lowest BCUT2D eigenvalue weighted by Gasteiger charge is -2.27. The first-order valence-electron chi connectivity index (χ1n) is 21.9. The summed E-state index contributed by atoms with van der Waals surface area (Å²) in [5.74, 6) is 0.825. The fraction of sp³-hybridized carbons (Fsp3) is 0.103. The van der Waals surface area contributed by atoms with Crippen molar-refractivity contribution >= 4 is 111 Å². The number of hydrogen-bond donors (Lipinski definition) is 0. The van der Waals surface area contributed by atoms with Crippen LogP contribution in [0.15, 0.2) is 195 Å². The van der Waals surface area contributed by atoms with Gasteiger partial charge >= 0.3 is 0 Å². The van der Waals surface area contributed by atoms with Crippen molar-refractivity contribution in [2.75, 3.05) is 9.80 Å². The van der Waals surface area contributed by atoms with E-state index in [1.165, 1.54) is 11.1 Å². The highest BCUT2D eigenvalue weighted by molar-refractivity contribution is 6.23. The quantitative estimate of drug-likeness (QED) is 0.153. The summed E-state index contributed by atoms with van der Waals surface area (Å²) in [7, 11) is 0. The van der Waals surface area contributed by atoms with Crippen molar-refractivity contribution in [3.05, 3.63) is 193 Å². The molecule has 0 unspecified atom stereocenters. The molecule has 0 fully saturated rings. The van der Waals surface area contributed by atoms with Gasteiger partial charge in [-0.05, 0) is 89.0 Å². The van der Waals surface area contributed by atoms with E-state index in [0.29, 0.717) is 11.8 Å². The number of hydrogen-bond acceptors (Lipinski definition) is 5. The summed E-state index contributed by atoms with van der Waals surface area (Å²) in [6.07, 6.45) is 0. The fourth-order valence-corrected chi connectivity index (χ4v) is 9.60. The third-order valence-electron chi connectivity index (χ3n) is 12.8. The molecule has 9 aromatic carbocycles. The van der Waals surface area contributed by atoms with Gasteiger partial charge in [0.2, 0.25) is 0 Å². The normalized spacial score (nSPS) is 12.1. The molecule has 0 N–H and O–H groups in total. The van der Waals surface area contributed by atoms with Crippen LogP contribution in [0.25, 0.3) is 76.6 Å². The van der Waals surface area contributed by atoms with Crippen molar-refractivity contribution in [2.45, 2.75) is 39.5 Å². The van der Waals surface area contributed by atoms with Gasteiger partial charge in [-0.3, -0.25) is 0 Å². The third kappa shape index (κ3) is 5.91. The van der Waals surface area contributed by atoms with Gasteiger partial charge in [-0.2, -0.15) is 0 Å². The molecule has 0 amide bonds. The van der Waals surface area contributed by atoms with Crippen molar-refractivity contribution in [3.8, 4) is 0 Å². The molecule has 5 nitrogen and oxygen atoms in total. The number of fused-ring (bicyclic) bond motifs is 11. The third-order valence-corrected chi connectivity index (χ3v) is 12.8. The van der Waals surface area contributed by atoms with E-state index in [0.717, 1.165) is 111 Å². The van der Waals surface area contributed by atoms with E-state index in [9.17, 15) is 0 Å². The second kappa shape index (κ2) is 14.4. The van der Waals surface area contributed by atoms with E-state index >= 15 is 0 Å². The Bertz CT molecular complexity index is 3700. The Morgan fingerprint density at radius 3 is 1.37 bits per heavy atom. The highest BCUT2D eigenvalue weighted by atomic mass is 16.3. The average Bonchev–Trinajstić information content (AvgIpc) is 4.01. The van der Waals surface area contributed by atoms with Crippen LogP contribution in [0, 0.1) is 0 Å². The Labute approximate surface area is 365 Å². The molecule has 5 heteroatoms. The molecule has 3 heterocycles. The lowest BCUT2D eigenvalue weighted by Crippen LogP contribution is -2.11. The minimum absolute atomic E-state index is 0.408. The summed E-state index contributed by atoms with van der Waals surface area (Å²) in [4.78, 5) is 4.63. The first kappa shape index (κ1) is 37.0. The maximum absolute atomic E-state index is 7.06. The van der Waals surface area contributed by atoms with Gasteiger partial charge in [0.05, 0.1) is 22.7 Å². The minimum atomic E-state index is 0.408. The van der Waals surface area contributed by atoms with Gasteiger partial charge in [0.25, 0.3) is 0 Å². The minimum Gasteiger partial charge on any atom is -0.456 e. The van der Waals surface area contributed by atoms with Gasteiger partial charge in [-0.25, -0.2) is 0 Å². The maximum atomic E-state index is 7.06. The van der Waals surface area contributed by atoms with Crippen LogP contribution in [0.2, 0.25) is 0 Å². The van der Waals surface area contributed by atoms with Crippen molar-refractivity contribution in [2.24, 2.45) is 0 Å². The zero-order chi connectivity index (χ0) is 42.3. The van der Waals surface area contributed by atoms with Gasteiger partial charge in [0.1, 0.15) is 22.3 Å². The summed E-state index contributed by atoms with van der Waals surface area (Å²) in [6, 6.07) is 64.7. The van der Waals surface area contributed by atoms with E-state index in [1.807, 2.05) is 24.3 Å². The highest BCUT2D eigenvalue weighted by Crippen LogP contribution is 2.49. The summed E-state index contributed by atoms with van der Waals surface area (Å²) >= 11 is 0. The van der Waals surface area contributed by atoms with Crippen LogP contribution < -0.4 is 9.80 Å². The number of nitrogens with zero attached hydrogens (tertiary/aromatic N) is 2. The van der Waals surface area contributed by atoms with E-state index < -0.39 is 0 Å². The molecule has 0 bridgehead atoms. The van der Waals surface area contributed by atoms with Crippen LogP contribution in [-0.2, 0) is 0 Å². The summed E-state index contributed by atoms with van der Waals surface area (Å²) < 4.78 is 20.4. The molecule has 0 atom stereocenters. The Kier molecular flexibility index (Phi) is 8.48. The topological polar surface area (TPSA) is 45.9 Å². The summed E-state index contributed by atoms with van der Waals surface area (Å²) in [5, 5.41) is 8.72. The smallest absolute Gasteiger partial charge is 0.159 e. The molecule has 0 saturated heterocycles. The fourth-order valence-electron chi connectivity index (χ4n) is 9.60. The number of furan rings is 3. The van der Waals surface area contributed by atoms with Gasteiger partial charge in [0.15, 0.2) is 11.2 Å². The van der Waals surface area contributed by atoms with Gasteiger partial charge in [-0.15, -0.1) is 0 Å². The van der Waals surface area contributed by atoms with E-state index in [1.54, 1.807) is 0 Å². The maximum Gasteiger partial charge on any atom is 0.159 e. The zero-order valence-corrected chi connectivity index (χ0v) is 35.6. The van der Waals surface area contributed by atoms with Gasteiger partial charge in [0, 0.05) is 61.2 Å². The lowest BCUT2D eigenvalue weighted by molar-refractivity contribution is 0.667. The molecule has 0 aliphatic rings. The van der Waals surface area contributed by atoms with Crippen LogP contribution >= 0.6 is 0 Å². The summed E-state index contributed by atoms with van der Waals surface area (Å²) in [5.41, 5.74) is 13.6. The molecule has 0 aliphatic heterocycles. The number of para-hydroxylation sites is 4. The predicted molar refractivity (Wildman–Crippen MR) is 263 cm³/mol. The van der Waals surface area contributed by atoms with Crippen molar-refractivity contribution in [1.29, 1.82) is 0 Å². The van der Waals surface area contributed by atoms with E-state index in [-0.39, 0.29) is 0 Å². The van der Waals surface area contributed by atoms with Gasteiger partial charge < -0.3 is 23.1 Å². The monoisotopic (exact) mass is 816 g/mol. The molecule has 0 radical (unpaired) electrons. The molecular weight excluding hydrogens is 773 g/mol. The predicted octanol–water partition coefficient (Wildman–Crippen LogP) is 17.7. The molecule has 3 aromatic heterocycles. The van der Waals surface area contributed by atoms with Crippen LogP contribution in [0.3, 0.4) is 0 Å². The zero-order valence-electron chi connectivity index (χ0n) is 35.6. The number of rotatable bonds is 8. The van der Waals surface area contributed by atoms with Crippen molar-refractivity contribution < 1.29 is 13.3 Å². The molecule has 304 valence electrons. The molecule has 12 aromatic rings. The molecule has 0 saturated carbocycles. The molecular formula is C58H44N2O3. The van der Waals surface area contributed by atoms with Crippen LogP contribution in [0.1, 0.15) is 50.7 Å². The Hall–Kier alpha value is -7.76. The first-order valence-corrected chi connectivity index (χ1v) is 21.9. The Morgan fingerprint density at radius 1 is 0.317 bits per heavy atom. The van der Waals surface area contributed by atoms with Crippen LogP contribution in [0.4, 0.5) is 34.1 Å². The van der Waals surface area contributed by atoms with Crippen LogP contribution in [-0.4, -0.2) is 0 Å². The van der Waals surface area contributed by atoms with E-state index in [2.05, 4.69) is 195 Å². The van der Waals surface area contributed by atoms with Crippen LogP contribution in [0.5, 0.6) is 0 Å². The SMILES string of the molecule is CC(C)c1ccc(N(c2ccc3c(c2)oc2cc(N(c4ccc(C(C)C)cc4)c4cccc5c4oc4ccccc45)c4ccccc4c23)c2cccc3c2oc2ccccc23)cc1. The molecule has 63 heavy (non-hydrogen) atoms. The Morgan fingerprint density at radius 2 is 0.794 bits per heavy atom. The summed E-state index contributed by atoms with van der Waals surface area (Å²) in [6.45, 7) is 8.93. The average molecular weight is 817 g/mol. The highest BCUT2D eigenvalue weighted by Gasteiger charge is 2.25. The molecule has 0 spiro atoms. The van der Waals surface area contributed by atoms with Crippen molar-refractivity contribution in [3.63, 3.8) is 0 Å². The number of anilines is 6. The standard InChI is InChI=1S/C58H44N2O3/c1-35(2)37-23-27-39(28-24-37)59(49-19-11-17-46-43-14-7-9-21-52(43)62-57(46)49)41-31-32-48-54(33-41)61-55-34-51(42-13-5-6-16-45(42)56(48)55)60(40-29-25-38(26-30-40)36(3)4)50-20-12-18-47-44-15-8-10-22-53(44)63-58(47)50/h5-36H,1-4H3. The Balaban J connectivity index is 1.08. The lowest BCUT2D eigenvalue weighted by atomic mass is 9.99. The van der Waals surface area contributed by atoms with Crippen molar-refractivity contribution in [1.82, 2.24) is 0 Å². The molecule has 12 rings (SSSR count). The second-order valence-electron chi connectivity index (χ2n) is 17.3. The largest absolute Gasteiger partial charge is 0.456 e. The number of benzene rings is 9. The second-order valence-corrected chi connectivity index (χ2v) is 17.3.